The molecule has 0 N–H and O–H groups in total. The molecule has 2 aromatic carbocycles. The van der Waals surface area contributed by atoms with Crippen LogP contribution in [0.3, 0.4) is 0 Å². The molecular formula is C19H20N4. The highest BCUT2D eigenvalue weighted by molar-refractivity contribution is 5.57. The van der Waals surface area contributed by atoms with Crippen molar-refractivity contribution in [3.05, 3.63) is 72.4 Å². The molecule has 1 aliphatic heterocycles. The third-order valence-electron chi connectivity index (χ3n) is 4.45. The SMILES string of the molecule is c1ccc(CN2CCC(n3cc(-c4ccccc4)nn3)C2)cc1. The summed E-state index contributed by atoms with van der Waals surface area (Å²) in [6, 6.07) is 21.3. The van der Waals surface area contributed by atoms with Gasteiger partial charge in [-0.25, -0.2) is 4.68 Å². The van der Waals surface area contributed by atoms with Crippen molar-refractivity contribution in [2.45, 2.75) is 19.0 Å². The quantitative estimate of drug-likeness (QED) is 0.741. The second kappa shape index (κ2) is 6.34. The molecule has 0 bridgehead atoms. The van der Waals surface area contributed by atoms with Crippen LogP contribution in [0.2, 0.25) is 0 Å². The monoisotopic (exact) mass is 304 g/mol. The summed E-state index contributed by atoms with van der Waals surface area (Å²) in [5.74, 6) is 0. The van der Waals surface area contributed by atoms with E-state index in [1.165, 1.54) is 5.56 Å². The number of aromatic nitrogens is 3. The van der Waals surface area contributed by atoms with Crippen LogP contribution in [0.25, 0.3) is 11.3 Å². The minimum Gasteiger partial charge on any atom is -0.297 e. The highest BCUT2D eigenvalue weighted by atomic mass is 15.4. The van der Waals surface area contributed by atoms with Gasteiger partial charge in [0.25, 0.3) is 0 Å². The van der Waals surface area contributed by atoms with Crippen LogP contribution in [0, 0.1) is 0 Å². The summed E-state index contributed by atoms with van der Waals surface area (Å²) in [4.78, 5) is 2.49. The Labute approximate surface area is 136 Å². The van der Waals surface area contributed by atoms with Crippen molar-refractivity contribution in [3.8, 4) is 11.3 Å². The van der Waals surface area contributed by atoms with Crippen molar-refractivity contribution < 1.29 is 0 Å². The van der Waals surface area contributed by atoms with Crippen LogP contribution in [-0.4, -0.2) is 33.0 Å². The zero-order valence-corrected chi connectivity index (χ0v) is 13.0. The Morgan fingerprint density at radius 2 is 1.70 bits per heavy atom. The smallest absolute Gasteiger partial charge is 0.113 e. The molecule has 1 aromatic heterocycles. The maximum atomic E-state index is 4.36. The molecule has 2 heterocycles. The number of nitrogens with zero attached hydrogens (tertiary/aromatic N) is 4. The van der Waals surface area contributed by atoms with Gasteiger partial charge >= 0.3 is 0 Å². The molecule has 4 rings (SSSR count). The molecule has 0 aliphatic carbocycles. The summed E-state index contributed by atoms with van der Waals surface area (Å²) in [7, 11) is 0. The van der Waals surface area contributed by atoms with Crippen molar-refractivity contribution in [1.29, 1.82) is 0 Å². The molecule has 0 radical (unpaired) electrons. The lowest BCUT2D eigenvalue weighted by Crippen LogP contribution is -2.21. The predicted octanol–water partition coefficient (Wildman–Crippen LogP) is 3.39. The zero-order chi connectivity index (χ0) is 15.5. The van der Waals surface area contributed by atoms with Gasteiger partial charge in [-0.15, -0.1) is 5.10 Å². The maximum absolute atomic E-state index is 4.36. The van der Waals surface area contributed by atoms with Crippen molar-refractivity contribution >= 4 is 0 Å². The molecule has 4 nitrogen and oxygen atoms in total. The van der Waals surface area contributed by atoms with Gasteiger partial charge in [0, 0.05) is 25.2 Å². The Hall–Kier alpha value is -2.46. The van der Waals surface area contributed by atoms with Crippen LogP contribution in [0.4, 0.5) is 0 Å². The van der Waals surface area contributed by atoms with Crippen LogP contribution >= 0.6 is 0 Å². The molecule has 1 fully saturated rings. The van der Waals surface area contributed by atoms with E-state index in [-0.39, 0.29) is 0 Å². The van der Waals surface area contributed by atoms with E-state index < -0.39 is 0 Å². The lowest BCUT2D eigenvalue weighted by molar-refractivity contribution is 0.310. The molecule has 23 heavy (non-hydrogen) atoms. The Bertz CT molecular complexity index is 751. The minimum atomic E-state index is 0.420. The van der Waals surface area contributed by atoms with Gasteiger partial charge in [-0.05, 0) is 12.0 Å². The normalized spacial score (nSPS) is 18.3. The molecule has 116 valence electrons. The molecule has 4 heteroatoms. The van der Waals surface area contributed by atoms with Crippen LogP contribution < -0.4 is 0 Å². The largest absolute Gasteiger partial charge is 0.297 e. The third kappa shape index (κ3) is 3.17. The first kappa shape index (κ1) is 14.2. The summed E-state index contributed by atoms with van der Waals surface area (Å²) in [6.45, 7) is 3.16. The summed E-state index contributed by atoms with van der Waals surface area (Å²) in [5, 5.41) is 8.69. The lowest BCUT2D eigenvalue weighted by atomic mass is 10.2. The topological polar surface area (TPSA) is 34.0 Å². The van der Waals surface area contributed by atoms with Crippen LogP contribution in [0.1, 0.15) is 18.0 Å². The van der Waals surface area contributed by atoms with Crippen molar-refractivity contribution in [2.24, 2.45) is 0 Å². The highest BCUT2D eigenvalue weighted by Crippen LogP contribution is 2.24. The lowest BCUT2D eigenvalue weighted by Gasteiger charge is -2.15. The van der Waals surface area contributed by atoms with Gasteiger partial charge in [0.1, 0.15) is 5.69 Å². The second-order valence-corrected chi connectivity index (χ2v) is 6.11. The Balaban J connectivity index is 1.43. The van der Waals surface area contributed by atoms with E-state index in [0.29, 0.717) is 6.04 Å². The maximum Gasteiger partial charge on any atom is 0.113 e. The number of hydrogen-bond acceptors (Lipinski definition) is 3. The zero-order valence-electron chi connectivity index (χ0n) is 13.0. The molecule has 3 aromatic rings. The van der Waals surface area contributed by atoms with E-state index >= 15 is 0 Å². The van der Waals surface area contributed by atoms with Crippen LogP contribution in [0.15, 0.2) is 66.9 Å². The van der Waals surface area contributed by atoms with Gasteiger partial charge in [0.05, 0.1) is 12.2 Å². The first-order chi connectivity index (χ1) is 11.4. The number of hydrogen-bond donors (Lipinski definition) is 0. The summed E-state index contributed by atoms with van der Waals surface area (Å²) >= 11 is 0. The number of rotatable bonds is 4. The minimum absolute atomic E-state index is 0.420. The first-order valence-corrected chi connectivity index (χ1v) is 8.12. The molecule has 1 unspecified atom stereocenters. The van der Waals surface area contributed by atoms with E-state index in [0.717, 1.165) is 37.3 Å². The fourth-order valence-corrected chi connectivity index (χ4v) is 3.21. The Kier molecular flexibility index (Phi) is 3.90. The summed E-state index contributed by atoms with van der Waals surface area (Å²) < 4.78 is 2.04. The summed E-state index contributed by atoms with van der Waals surface area (Å²) in [6.07, 6.45) is 3.20. The first-order valence-electron chi connectivity index (χ1n) is 8.12. The van der Waals surface area contributed by atoms with Crippen molar-refractivity contribution in [1.82, 2.24) is 19.9 Å². The number of likely N-dealkylation sites (tertiary alicyclic amines) is 1. The predicted molar refractivity (Wildman–Crippen MR) is 90.8 cm³/mol. The van der Waals surface area contributed by atoms with Gasteiger partial charge in [-0.1, -0.05) is 65.9 Å². The van der Waals surface area contributed by atoms with Gasteiger partial charge < -0.3 is 0 Å². The van der Waals surface area contributed by atoms with E-state index in [2.05, 4.69) is 63.9 Å². The van der Waals surface area contributed by atoms with Gasteiger partial charge in [0.2, 0.25) is 0 Å². The average molecular weight is 304 g/mol. The van der Waals surface area contributed by atoms with Gasteiger partial charge in [-0.3, -0.25) is 4.90 Å². The third-order valence-corrected chi connectivity index (χ3v) is 4.45. The standard InChI is InChI=1S/C19H20N4/c1-3-7-16(8-4-1)13-22-12-11-18(14-22)23-15-19(20-21-23)17-9-5-2-6-10-17/h1-10,15,18H,11-14H2. The summed E-state index contributed by atoms with van der Waals surface area (Å²) in [5.41, 5.74) is 3.45. The second-order valence-electron chi connectivity index (χ2n) is 6.11. The van der Waals surface area contributed by atoms with Crippen molar-refractivity contribution in [3.63, 3.8) is 0 Å². The molecule has 1 saturated heterocycles. The highest BCUT2D eigenvalue weighted by Gasteiger charge is 2.25. The Morgan fingerprint density at radius 3 is 2.48 bits per heavy atom. The molecule has 0 amide bonds. The molecular weight excluding hydrogens is 284 g/mol. The molecule has 1 aliphatic rings. The molecule has 1 atom stereocenters. The van der Waals surface area contributed by atoms with Gasteiger partial charge in [0.15, 0.2) is 0 Å². The van der Waals surface area contributed by atoms with Gasteiger partial charge in [-0.2, -0.15) is 0 Å². The number of benzene rings is 2. The molecule has 0 spiro atoms. The van der Waals surface area contributed by atoms with Crippen LogP contribution in [0.5, 0.6) is 0 Å². The van der Waals surface area contributed by atoms with E-state index in [1.807, 2.05) is 22.9 Å². The molecule has 0 saturated carbocycles. The van der Waals surface area contributed by atoms with E-state index in [9.17, 15) is 0 Å². The Morgan fingerprint density at radius 1 is 0.957 bits per heavy atom. The van der Waals surface area contributed by atoms with Crippen molar-refractivity contribution in [2.75, 3.05) is 13.1 Å². The fourth-order valence-electron chi connectivity index (χ4n) is 3.21. The average Bonchev–Trinajstić information content (AvgIpc) is 3.26. The van der Waals surface area contributed by atoms with Crippen LogP contribution in [-0.2, 0) is 6.54 Å². The fraction of sp³-hybridized carbons (Fsp3) is 0.263. The van der Waals surface area contributed by atoms with E-state index in [4.69, 9.17) is 0 Å². The van der Waals surface area contributed by atoms with E-state index in [1.54, 1.807) is 0 Å².